The Balaban J connectivity index is 1.53. The quantitative estimate of drug-likeness (QED) is 0.458. The van der Waals surface area contributed by atoms with Crippen LogP contribution in [0.5, 0.6) is 0 Å². The standard InChI is InChI=1S/C17H12ClN3S2/c18-15-7-2-1-6-14(15)16-20-12(10-22-16)11-23-17-19-9-13-5-3-4-8-21(13)17/h1-10H,11H2. The first-order chi connectivity index (χ1) is 11.3. The molecule has 6 heteroatoms. The van der Waals surface area contributed by atoms with Gasteiger partial charge in [0.25, 0.3) is 0 Å². The van der Waals surface area contributed by atoms with Gasteiger partial charge in [-0.2, -0.15) is 0 Å². The summed E-state index contributed by atoms with van der Waals surface area (Å²) in [6.07, 6.45) is 3.92. The largest absolute Gasteiger partial charge is 0.295 e. The number of hydrogen-bond acceptors (Lipinski definition) is 4. The summed E-state index contributed by atoms with van der Waals surface area (Å²) in [5.41, 5.74) is 3.13. The van der Waals surface area contributed by atoms with E-state index >= 15 is 0 Å². The van der Waals surface area contributed by atoms with Crippen LogP contribution in [0.4, 0.5) is 0 Å². The van der Waals surface area contributed by atoms with Crippen molar-refractivity contribution in [1.82, 2.24) is 14.4 Å². The summed E-state index contributed by atoms with van der Waals surface area (Å²) in [5.74, 6) is 0.787. The minimum atomic E-state index is 0.736. The van der Waals surface area contributed by atoms with Crippen LogP contribution < -0.4 is 0 Å². The van der Waals surface area contributed by atoms with Gasteiger partial charge in [0.05, 0.1) is 22.4 Å². The molecule has 0 aliphatic heterocycles. The van der Waals surface area contributed by atoms with Crippen LogP contribution >= 0.6 is 34.7 Å². The molecule has 0 spiro atoms. The summed E-state index contributed by atoms with van der Waals surface area (Å²) in [4.78, 5) is 9.17. The zero-order valence-electron chi connectivity index (χ0n) is 12.0. The third-order valence-electron chi connectivity index (χ3n) is 3.41. The predicted molar refractivity (Wildman–Crippen MR) is 97.3 cm³/mol. The highest BCUT2D eigenvalue weighted by Crippen LogP contribution is 2.31. The normalized spacial score (nSPS) is 11.2. The molecular formula is C17H12ClN3S2. The highest BCUT2D eigenvalue weighted by atomic mass is 35.5. The molecule has 0 radical (unpaired) electrons. The summed E-state index contributed by atoms with van der Waals surface area (Å²) in [6, 6.07) is 13.9. The first-order valence-corrected chi connectivity index (χ1v) is 9.30. The first-order valence-electron chi connectivity index (χ1n) is 7.05. The van der Waals surface area contributed by atoms with Crippen molar-refractivity contribution in [3.05, 3.63) is 71.0 Å². The first kappa shape index (κ1) is 14.8. The number of rotatable bonds is 4. The minimum Gasteiger partial charge on any atom is -0.295 e. The van der Waals surface area contributed by atoms with Crippen molar-refractivity contribution in [1.29, 1.82) is 0 Å². The van der Waals surface area contributed by atoms with Crippen LogP contribution in [0, 0.1) is 0 Å². The van der Waals surface area contributed by atoms with Gasteiger partial charge in [-0.15, -0.1) is 11.3 Å². The molecule has 0 bridgehead atoms. The fraction of sp³-hybridized carbons (Fsp3) is 0.0588. The molecule has 3 nitrogen and oxygen atoms in total. The van der Waals surface area contributed by atoms with E-state index in [9.17, 15) is 0 Å². The van der Waals surface area contributed by atoms with Crippen molar-refractivity contribution in [3.63, 3.8) is 0 Å². The molecular weight excluding hydrogens is 346 g/mol. The summed E-state index contributed by atoms with van der Waals surface area (Å²) >= 11 is 9.55. The van der Waals surface area contributed by atoms with Gasteiger partial charge >= 0.3 is 0 Å². The third-order valence-corrected chi connectivity index (χ3v) is 5.66. The van der Waals surface area contributed by atoms with Gasteiger partial charge in [-0.3, -0.25) is 4.40 Å². The molecule has 4 aromatic rings. The number of halogens is 1. The molecule has 0 N–H and O–H groups in total. The maximum Gasteiger partial charge on any atom is 0.172 e. The Hall–Kier alpha value is -1.82. The van der Waals surface area contributed by atoms with E-state index in [1.807, 2.05) is 48.8 Å². The van der Waals surface area contributed by atoms with E-state index in [4.69, 9.17) is 16.6 Å². The smallest absolute Gasteiger partial charge is 0.172 e. The molecule has 0 fully saturated rings. The lowest BCUT2D eigenvalue weighted by molar-refractivity contribution is 0.956. The Labute approximate surface area is 147 Å². The molecule has 0 amide bonds. The third kappa shape index (κ3) is 3.00. The number of pyridine rings is 1. The van der Waals surface area contributed by atoms with Crippen molar-refractivity contribution in [2.24, 2.45) is 0 Å². The Morgan fingerprint density at radius 3 is 2.91 bits per heavy atom. The van der Waals surface area contributed by atoms with Gasteiger partial charge in [0, 0.05) is 22.9 Å². The van der Waals surface area contributed by atoms with Crippen LogP contribution in [0.15, 0.2) is 65.4 Å². The van der Waals surface area contributed by atoms with Crippen LogP contribution in [-0.4, -0.2) is 14.4 Å². The molecule has 0 aliphatic rings. The number of aromatic nitrogens is 3. The lowest BCUT2D eigenvalue weighted by Crippen LogP contribution is -1.88. The Kier molecular flexibility index (Phi) is 4.08. The van der Waals surface area contributed by atoms with Crippen molar-refractivity contribution < 1.29 is 0 Å². The average Bonchev–Trinajstić information content (AvgIpc) is 3.20. The molecule has 3 heterocycles. The van der Waals surface area contributed by atoms with Crippen molar-refractivity contribution in [2.45, 2.75) is 10.9 Å². The summed E-state index contributed by atoms with van der Waals surface area (Å²) in [6.45, 7) is 0. The van der Waals surface area contributed by atoms with Gasteiger partial charge in [0.15, 0.2) is 5.16 Å². The molecule has 23 heavy (non-hydrogen) atoms. The SMILES string of the molecule is Clc1ccccc1-c1nc(CSc2ncc3ccccn23)cs1. The molecule has 1 aromatic carbocycles. The van der Waals surface area contributed by atoms with Crippen LogP contribution in [0.1, 0.15) is 5.69 Å². The number of imidazole rings is 1. The Morgan fingerprint density at radius 2 is 2.00 bits per heavy atom. The highest BCUT2D eigenvalue weighted by molar-refractivity contribution is 7.98. The van der Waals surface area contributed by atoms with E-state index in [-0.39, 0.29) is 0 Å². The van der Waals surface area contributed by atoms with E-state index in [2.05, 4.69) is 20.8 Å². The average molecular weight is 358 g/mol. The highest BCUT2D eigenvalue weighted by Gasteiger charge is 2.10. The van der Waals surface area contributed by atoms with Crippen molar-refractivity contribution >= 4 is 40.2 Å². The molecule has 0 unspecified atom stereocenters. The zero-order chi connectivity index (χ0) is 15.6. The van der Waals surface area contributed by atoms with Crippen LogP contribution in [0.3, 0.4) is 0 Å². The van der Waals surface area contributed by atoms with Gasteiger partial charge in [-0.05, 0) is 18.2 Å². The van der Waals surface area contributed by atoms with Crippen molar-refractivity contribution in [2.75, 3.05) is 0 Å². The summed E-state index contributed by atoms with van der Waals surface area (Å²) in [7, 11) is 0. The van der Waals surface area contributed by atoms with E-state index in [1.165, 1.54) is 0 Å². The summed E-state index contributed by atoms with van der Waals surface area (Å²) in [5, 5.41) is 4.76. The van der Waals surface area contributed by atoms with Gasteiger partial charge in [0.2, 0.25) is 0 Å². The monoisotopic (exact) mass is 357 g/mol. The van der Waals surface area contributed by atoms with Gasteiger partial charge < -0.3 is 0 Å². The number of nitrogens with zero attached hydrogens (tertiary/aromatic N) is 3. The fourth-order valence-corrected chi connectivity index (χ4v) is 4.40. The second-order valence-electron chi connectivity index (χ2n) is 4.95. The summed E-state index contributed by atoms with van der Waals surface area (Å²) < 4.78 is 2.09. The maximum atomic E-state index is 6.24. The zero-order valence-corrected chi connectivity index (χ0v) is 14.4. The lowest BCUT2D eigenvalue weighted by Gasteiger charge is -2.00. The maximum absolute atomic E-state index is 6.24. The van der Waals surface area contributed by atoms with Crippen LogP contribution in [0.25, 0.3) is 16.1 Å². The number of benzene rings is 1. The Morgan fingerprint density at radius 1 is 1.13 bits per heavy atom. The number of thioether (sulfide) groups is 1. The Bertz CT molecular complexity index is 961. The topological polar surface area (TPSA) is 30.2 Å². The molecule has 0 saturated heterocycles. The molecule has 0 aliphatic carbocycles. The molecule has 3 aromatic heterocycles. The lowest BCUT2D eigenvalue weighted by atomic mass is 10.2. The predicted octanol–water partition coefficient (Wildman–Crippen LogP) is 5.40. The number of fused-ring (bicyclic) bond motifs is 1. The molecule has 0 saturated carbocycles. The van der Waals surface area contributed by atoms with E-state index in [0.717, 1.165) is 37.7 Å². The number of hydrogen-bond donors (Lipinski definition) is 0. The van der Waals surface area contributed by atoms with E-state index < -0.39 is 0 Å². The van der Waals surface area contributed by atoms with Gasteiger partial charge in [-0.1, -0.05) is 47.6 Å². The minimum absolute atomic E-state index is 0.736. The van der Waals surface area contributed by atoms with Crippen LogP contribution in [0.2, 0.25) is 5.02 Å². The van der Waals surface area contributed by atoms with Gasteiger partial charge in [-0.25, -0.2) is 9.97 Å². The van der Waals surface area contributed by atoms with Gasteiger partial charge in [0.1, 0.15) is 5.01 Å². The van der Waals surface area contributed by atoms with E-state index in [1.54, 1.807) is 23.1 Å². The molecule has 0 atom stereocenters. The molecule has 114 valence electrons. The number of thiazole rings is 1. The second kappa shape index (κ2) is 6.35. The molecule has 4 rings (SSSR count). The van der Waals surface area contributed by atoms with Crippen molar-refractivity contribution in [3.8, 4) is 10.6 Å². The van der Waals surface area contributed by atoms with Crippen LogP contribution in [-0.2, 0) is 5.75 Å². The fourth-order valence-electron chi connectivity index (χ4n) is 2.30. The van der Waals surface area contributed by atoms with E-state index in [0.29, 0.717) is 0 Å². The second-order valence-corrected chi connectivity index (χ2v) is 7.16.